The van der Waals surface area contributed by atoms with Crippen LogP contribution in [0.4, 0.5) is 11.5 Å². The lowest BCUT2D eigenvalue weighted by atomic mass is 10.1. The molecule has 2 heterocycles. The van der Waals surface area contributed by atoms with E-state index in [4.69, 9.17) is 17.3 Å². The fourth-order valence-electron chi connectivity index (χ4n) is 1.91. The predicted molar refractivity (Wildman–Crippen MR) is 77.0 cm³/mol. The standard InChI is InChI=1S/C12H18ClN3S/c1-12(2)3-4-16(5-6-17-12)11-8-9(14)7-10(13)15-11/h7-8H,3-6H2,1-2H3,(H2,14,15). The lowest BCUT2D eigenvalue weighted by molar-refractivity contribution is 0.635. The molecule has 1 saturated heterocycles. The van der Waals surface area contributed by atoms with Crippen LogP contribution < -0.4 is 10.6 Å². The third-order valence-corrected chi connectivity index (χ3v) is 4.53. The summed E-state index contributed by atoms with van der Waals surface area (Å²) < 4.78 is 0.346. The van der Waals surface area contributed by atoms with Crippen molar-refractivity contribution in [1.82, 2.24) is 4.98 Å². The van der Waals surface area contributed by atoms with Crippen LogP contribution in [0.25, 0.3) is 0 Å². The van der Waals surface area contributed by atoms with E-state index in [1.54, 1.807) is 6.07 Å². The van der Waals surface area contributed by atoms with Gasteiger partial charge in [-0.1, -0.05) is 25.4 Å². The van der Waals surface area contributed by atoms with Crippen LogP contribution in [0.2, 0.25) is 5.15 Å². The van der Waals surface area contributed by atoms with Crippen LogP contribution in [0.3, 0.4) is 0 Å². The maximum atomic E-state index is 5.94. The molecular weight excluding hydrogens is 254 g/mol. The lowest BCUT2D eigenvalue weighted by Gasteiger charge is -2.23. The second-order valence-corrected chi connectivity index (χ2v) is 7.12. The van der Waals surface area contributed by atoms with E-state index in [1.165, 1.54) is 0 Å². The molecule has 17 heavy (non-hydrogen) atoms. The van der Waals surface area contributed by atoms with E-state index in [0.29, 0.717) is 15.6 Å². The number of aromatic nitrogens is 1. The summed E-state index contributed by atoms with van der Waals surface area (Å²) in [6.07, 6.45) is 1.14. The van der Waals surface area contributed by atoms with Crippen LogP contribution in [0, 0.1) is 0 Å². The van der Waals surface area contributed by atoms with Crippen molar-refractivity contribution in [1.29, 1.82) is 0 Å². The third-order valence-electron chi connectivity index (χ3n) is 2.96. The Morgan fingerprint density at radius 1 is 1.41 bits per heavy atom. The van der Waals surface area contributed by atoms with Gasteiger partial charge < -0.3 is 10.6 Å². The second kappa shape index (κ2) is 4.94. The highest BCUT2D eigenvalue weighted by molar-refractivity contribution is 8.00. The summed E-state index contributed by atoms with van der Waals surface area (Å²) in [5.41, 5.74) is 6.48. The fraction of sp³-hybridized carbons (Fsp3) is 0.583. The number of nitrogen functional groups attached to an aromatic ring is 1. The number of halogens is 1. The topological polar surface area (TPSA) is 42.1 Å². The third kappa shape index (κ3) is 3.42. The highest BCUT2D eigenvalue weighted by Crippen LogP contribution is 2.32. The Bertz CT molecular complexity index is 388. The molecule has 3 nitrogen and oxygen atoms in total. The molecule has 1 aliphatic rings. The normalized spacial score (nSPS) is 20.1. The Kier molecular flexibility index (Phi) is 3.73. The van der Waals surface area contributed by atoms with Crippen molar-refractivity contribution in [2.45, 2.75) is 25.0 Å². The van der Waals surface area contributed by atoms with E-state index < -0.39 is 0 Å². The predicted octanol–water partition coefficient (Wildman–Crippen LogP) is 3.04. The SMILES string of the molecule is CC1(C)CCN(c2cc(N)cc(Cl)n2)CCS1. The molecule has 0 saturated carbocycles. The second-order valence-electron chi connectivity index (χ2n) is 4.93. The van der Waals surface area contributed by atoms with Crippen molar-refractivity contribution in [2.75, 3.05) is 29.5 Å². The monoisotopic (exact) mass is 271 g/mol. The maximum absolute atomic E-state index is 5.94. The number of anilines is 2. The number of nitrogens with two attached hydrogens (primary N) is 1. The van der Waals surface area contributed by atoms with Crippen LogP contribution in [0.5, 0.6) is 0 Å². The van der Waals surface area contributed by atoms with Crippen molar-refractivity contribution in [3.05, 3.63) is 17.3 Å². The number of pyridine rings is 1. The minimum absolute atomic E-state index is 0.346. The molecule has 0 amide bonds. The number of rotatable bonds is 1. The zero-order valence-electron chi connectivity index (χ0n) is 10.2. The molecule has 1 aromatic heterocycles. The van der Waals surface area contributed by atoms with Crippen molar-refractivity contribution >= 4 is 34.9 Å². The van der Waals surface area contributed by atoms with Crippen molar-refractivity contribution in [2.24, 2.45) is 0 Å². The Balaban J connectivity index is 2.17. The first-order valence-electron chi connectivity index (χ1n) is 5.78. The van der Waals surface area contributed by atoms with Crippen molar-refractivity contribution in [3.63, 3.8) is 0 Å². The molecule has 1 fully saturated rings. The van der Waals surface area contributed by atoms with Gasteiger partial charge in [0.15, 0.2) is 0 Å². The zero-order chi connectivity index (χ0) is 12.5. The molecule has 0 radical (unpaired) electrons. The summed E-state index contributed by atoms with van der Waals surface area (Å²) in [7, 11) is 0. The smallest absolute Gasteiger partial charge is 0.133 e. The highest BCUT2D eigenvalue weighted by atomic mass is 35.5. The van der Waals surface area contributed by atoms with Crippen LogP contribution in [-0.4, -0.2) is 28.6 Å². The Morgan fingerprint density at radius 2 is 2.18 bits per heavy atom. The van der Waals surface area contributed by atoms with E-state index in [-0.39, 0.29) is 0 Å². The van der Waals surface area contributed by atoms with Crippen LogP contribution in [-0.2, 0) is 0 Å². The minimum atomic E-state index is 0.346. The zero-order valence-corrected chi connectivity index (χ0v) is 11.8. The largest absolute Gasteiger partial charge is 0.399 e. The number of hydrogen-bond donors (Lipinski definition) is 1. The van der Waals surface area contributed by atoms with Gasteiger partial charge in [-0.15, -0.1) is 0 Å². The first kappa shape index (κ1) is 12.8. The Morgan fingerprint density at radius 3 is 2.88 bits per heavy atom. The number of nitrogens with zero attached hydrogens (tertiary/aromatic N) is 2. The van der Waals surface area contributed by atoms with E-state index in [1.807, 2.05) is 17.8 Å². The molecule has 94 valence electrons. The van der Waals surface area contributed by atoms with Gasteiger partial charge in [0, 0.05) is 35.3 Å². The van der Waals surface area contributed by atoms with E-state index in [0.717, 1.165) is 31.1 Å². The molecular formula is C12H18ClN3S. The average Bonchev–Trinajstić information content (AvgIpc) is 2.38. The number of hydrogen-bond acceptors (Lipinski definition) is 4. The summed E-state index contributed by atoms with van der Waals surface area (Å²) in [6.45, 7) is 6.59. The summed E-state index contributed by atoms with van der Waals surface area (Å²) in [5, 5.41) is 0.469. The van der Waals surface area contributed by atoms with Gasteiger partial charge in [-0.05, 0) is 12.5 Å². The van der Waals surface area contributed by atoms with E-state index in [2.05, 4.69) is 23.7 Å². The van der Waals surface area contributed by atoms with Gasteiger partial charge >= 0.3 is 0 Å². The molecule has 5 heteroatoms. The lowest BCUT2D eigenvalue weighted by Crippen LogP contribution is -2.27. The van der Waals surface area contributed by atoms with Gasteiger partial charge in [0.1, 0.15) is 11.0 Å². The molecule has 1 aliphatic heterocycles. The molecule has 0 spiro atoms. The van der Waals surface area contributed by atoms with Crippen LogP contribution >= 0.6 is 23.4 Å². The molecule has 2 N–H and O–H groups in total. The first-order valence-corrected chi connectivity index (χ1v) is 7.15. The average molecular weight is 272 g/mol. The molecule has 0 bridgehead atoms. The van der Waals surface area contributed by atoms with Gasteiger partial charge in [0.25, 0.3) is 0 Å². The molecule has 0 aliphatic carbocycles. The Labute approximate surface area is 112 Å². The summed E-state index contributed by atoms with van der Waals surface area (Å²) in [5.74, 6) is 2.01. The van der Waals surface area contributed by atoms with Gasteiger partial charge in [-0.25, -0.2) is 4.98 Å². The first-order chi connectivity index (χ1) is 7.96. The maximum Gasteiger partial charge on any atom is 0.133 e. The molecule has 0 atom stereocenters. The summed E-state index contributed by atoms with van der Waals surface area (Å²) in [6, 6.07) is 3.58. The van der Waals surface area contributed by atoms with Crippen molar-refractivity contribution in [3.8, 4) is 0 Å². The molecule has 0 unspecified atom stereocenters. The molecule has 0 aromatic carbocycles. The molecule has 2 rings (SSSR count). The van der Waals surface area contributed by atoms with Gasteiger partial charge in [0.05, 0.1) is 0 Å². The minimum Gasteiger partial charge on any atom is -0.399 e. The Hall–Kier alpha value is -0.610. The quantitative estimate of drug-likeness (QED) is 0.798. The van der Waals surface area contributed by atoms with Crippen LogP contribution in [0.1, 0.15) is 20.3 Å². The molecule has 1 aromatic rings. The summed E-state index contributed by atoms with van der Waals surface area (Å²) >= 11 is 7.96. The van der Waals surface area contributed by atoms with Crippen LogP contribution in [0.15, 0.2) is 12.1 Å². The van der Waals surface area contributed by atoms with Gasteiger partial charge in [-0.2, -0.15) is 11.8 Å². The fourth-order valence-corrected chi connectivity index (χ4v) is 3.23. The van der Waals surface area contributed by atoms with Crippen molar-refractivity contribution < 1.29 is 0 Å². The highest BCUT2D eigenvalue weighted by Gasteiger charge is 2.24. The van der Waals surface area contributed by atoms with E-state index >= 15 is 0 Å². The number of thioether (sulfide) groups is 1. The van der Waals surface area contributed by atoms with Gasteiger partial charge in [0.2, 0.25) is 0 Å². The summed E-state index contributed by atoms with van der Waals surface area (Å²) in [4.78, 5) is 6.62. The van der Waals surface area contributed by atoms with E-state index in [9.17, 15) is 0 Å². The van der Waals surface area contributed by atoms with Gasteiger partial charge in [-0.3, -0.25) is 0 Å².